The normalized spacial score (nSPS) is 14.0. The molecule has 0 radical (unpaired) electrons. The fraction of sp³-hybridized carbons (Fsp3) is 0.583. The Labute approximate surface area is 142 Å². The van der Waals surface area contributed by atoms with Crippen LogP contribution >= 0.6 is 12.6 Å². The zero-order valence-corrected chi connectivity index (χ0v) is 13.7. The van der Waals surface area contributed by atoms with Crippen LogP contribution in [0.1, 0.15) is 13.3 Å². The highest BCUT2D eigenvalue weighted by molar-refractivity contribution is 7.80. The summed E-state index contributed by atoms with van der Waals surface area (Å²) < 4.78 is 0. The zero-order valence-electron chi connectivity index (χ0n) is 12.8. The molecule has 3 amide bonds. The molecule has 0 aliphatic carbocycles. The average molecular weight is 364 g/mol. The van der Waals surface area contributed by atoms with Gasteiger partial charge < -0.3 is 31.9 Å². The minimum atomic E-state index is -1.61. The van der Waals surface area contributed by atoms with Crippen LogP contribution in [0, 0.1) is 0 Å². The van der Waals surface area contributed by atoms with Crippen LogP contribution < -0.4 is 21.7 Å². The highest BCUT2D eigenvalue weighted by Crippen LogP contribution is 1.93. The number of carboxylic acids is 2. The summed E-state index contributed by atoms with van der Waals surface area (Å²) in [6, 6.07) is -3.48. The molecule has 0 heterocycles. The van der Waals surface area contributed by atoms with E-state index in [4.69, 9.17) is 15.9 Å². The summed E-state index contributed by atoms with van der Waals surface area (Å²) in [4.78, 5) is 56.0. The molecular formula is C12H20N4O7S. The van der Waals surface area contributed by atoms with Gasteiger partial charge in [-0.05, 0) is 6.92 Å². The third kappa shape index (κ3) is 8.33. The van der Waals surface area contributed by atoms with E-state index >= 15 is 0 Å². The summed E-state index contributed by atoms with van der Waals surface area (Å²) in [6.07, 6.45) is -0.802. The standard InChI is InChI=1S/C12H20N4O7S/c1-5(15-11(21)6(13)4-24)10(20)14-3-8(17)16-7(12(22)23)2-9(18)19/h5-7,24H,2-4,13H2,1H3,(H,14,20)(H,15,21)(H,16,17)(H,18,19)(H,22,23). The maximum absolute atomic E-state index is 11.7. The van der Waals surface area contributed by atoms with Crippen molar-refractivity contribution in [1.29, 1.82) is 0 Å². The van der Waals surface area contributed by atoms with E-state index in [1.54, 1.807) is 0 Å². The molecule has 3 unspecified atom stereocenters. The minimum Gasteiger partial charge on any atom is -0.481 e. The molecule has 7 N–H and O–H groups in total. The summed E-state index contributed by atoms with van der Waals surface area (Å²) in [5, 5.41) is 23.8. The van der Waals surface area contributed by atoms with Crippen molar-refractivity contribution in [2.45, 2.75) is 31.5 Å². The quantitative estimate of drug-likeness (QED) is 0.198. The molecule has 136 valence electrons. The van der Waals surface area contributed by atoms with Gasteiger partial charge in [-0.1, -0.05) is 0 Å². The molecule has 11 nitrogen and oxygen atoms in total. The summed E-state index contributed by atoms with van der Waals surface area (Å²) in [6.45, 7) is 0.780. The average Bonchev–Trinajstić information content (AvgIpc) is 2.50. The van der Waals surface area contributed by atoms with E-state index in [0.29, 0.717) is 0 Å². The molecule has 0 rings (SSSR count). The first-order valence-electron chi connectivity index (χ1n) is 6.77. The molecule has 0 aromatic carbocycles. The molecule has 0 spiro atoms. The monoisotopic (exact) mass is 364 g/mol. The van der Waals surface area contributed by atoms with Crippen molar-refractivity contribution in [3.8, 4) is 0 Å². The lowest BCUT2D eigenvalue weighted by Gasteiger charge is -2.17. The fourth-order valence-corrected chi connectivity index (χ4v) is 1.58. The summed E-state index contributed by atoms with van der Waals surface area (Å²) >= 11 is 3.84. The lowest BCUT2D eigenvalue weighted by Crippen LogP contribution is -2.52. The summed E-state index contributed by atoms with van der Waals surface area (Å²) in [5.74, 6) is -5.01. The third-order valence-electron chi connectivity index (χ3n) is 2.72. The van der Waals surface area contributed by atoms with Crippen LogP contribution in [-0.2, 0) is 24.0 Å². The maximum Gasteiger partial charge on any atom is 0.326 e. The largest absolute Gasteiger partial charge is 0.481 e. The fourth-order valence-electron chi connectivity index (χ4n) is 1.41. The van der Waals surface area contributed by atoms with Crippen molar-refractivity contribution in [3.63, 3.8) is 0 Å². The van der Waals surface area contributed by atoms with Gasteiger partial charge in [0.2, 0.25) is 17.7 Å². The van der Waals surface area contributed by atoms with E-state index in [2.05, 4.69) is 23.3 Å². The lowest BCUT2D eigenvalue weighted by atomic mass is 10.2. The Hall–Kier alpha value is -2.34. The Morgan fingerprint density at radius 1 is 1.08 bits per heavy atom. The topological polar surface area (TPSA) is 188 Å². The van der Waals surface area contributed by atoms with E-state index in [0.717, 1.165) is 0 Å². The van der Waals surface area contributed by atoms with Crippen molar-refractivity contribution in [3.05, 3.63) is 0 Å². The number of nitrogens with one attached hydrogen (secondary N) is 3. The van der Waals surface area contributed by atoms with Gasteiger partial charge >= 0.3 is 11.9 Å². The Balaban J connectivity index is 4.38. The Morgan fingerprint density at radius 3 is 2.12 bits per heavy atom. The smallest absolute Gasteiger partial charge is 0.326 e. The van der Waals surface area contributed by atoms with Gasteiger partial charge in [-0.3, -0.25) is 19.2 Å². The molecule has 0 bridgehead atoms. The Bertz CT molecular complexity index is 514. The molecule has 0 fully saturated rings. The van der Waals surface area contributed by atoms with Gasteiger partial charge in [0, 0.05) is 5.75 Å². The first-order valence-corrected chi connectivity index (χ1v) is 7.40. The first-order chi connectivity index (χ1) is 11.1. The number of hydrogen-bond acceptors (Lipinski definition) is 7. The SMILES string of the molecule is CC(NC(=O)C(N)CS)C(=O)NCC(=O)NC(CC(=O)O)C(=O)O. The number of hydrogen-bond donors (Lipinski definition) is 7. The van der Waals surface area contributed by atoms with Gasteiger partial charge in [0.25, 0.3) is 0 Å². The van der Waals surface area contributed by atoms with Crippen LogP contribution in [0.5, 0.6) is 0 Å². The second kappa shape index (κ2) is 10.4. The van der Waals surface area contributed by atoms with E-state index < -0.39 is 60.8 Å². The lowest BCUT2D eigenvalue weighted by molar-refractivity contribution is -0.147. The van der Waals surface area contributed by atoms with Gasteiger partial charge in [-0.15, -0.1) is 0 Å². The van der Waals surface area contributed by atoms with E-state index in [1.165, 1.54) is 6.92 Å². The Morgan fingerprint density at radius 2 is 1.67 bits per heavy atom. The predicted octanol–water partition coefficient (Wildman–Crippen LogP) is -3.09. The molecule has 0 aromatic rings. The minimum absolute atomic E-state index is 0.0860. The summed E-state index contributed by atoms with van der Waals surface area (Å²) in [7, 11) is 0. The molecule has 24 heavy (non-hydrogen) atoms. The van der Waals surface area contributed by atoms with Crippen molar-refractivity contribution < 1.29 is 34.2 Å². The third-order valence-corrected chi connectivity index (χ3v) is 3.11. The number of carboxylic acid groups (broad SMARTS) is 2. The van der Waals surface area contributed by atoms with Crippen LogP contribution in [-0.4, -0.2) is 70.3 Å². The van der Waals surface area contributed by atoms with Crippen LogP contribution in [0.2, 0.25) is 0 Å². The number of amides is 3. The van der Waals surface area contributed by atoms with Crippen LogP contribution in [0.3, 0.4) is 0 Å². The molecule has 0 aromatic heterocycles. The number of carbonyl (C=O) groups excluding carboxylic acids is 3. The number of aliphatic carboxylic acids is 2. The zero-order chi connectivity index (χ0) is 18.9. The highest BCUT2D eigenvalue weighted by Gasteiger charge is 2.24. The number of rotatable bonds is 10. The molecule has 3 atom stereocenters. The van der Waals surface area contributed by atoms with Crippen molar-refractivity contribution in [2.24, 2.45) is 5.73 Å². The van der Waals surface area contributed by atoms with E-state index in [-0.39, 0.29) is 5.75 Å². The van der Waals surface area contributed by atoms with Gasteiger partial charge in [0.15, 0.2) is 0 Å². The van der Waals surface area contributed by atoms with E-state index in [1.807, 2.05) is 5.32 Å². The highest BCUT2D eigenvalue weighted by atomic mass is 32.1. The second-order valence-electron chi connectivity index (χ2n) is 4.79. The Kier molecular flexibility index (Phi) is 9.42. The van der Waals surface area contributed by atoms with Crippen LogP contribution in [0.25, 0.3) is 0 Å². The van der Waals surface area contributed by atoms with Gasteiger partial charge in [0.1, 0.15) is 12.1 Å². The number of nitrogens with two attached hydrogens (primary N) is 1. The van der Waals surface area contributed by atoms with Crippen molar-refractivity contribution in [1.82, 2.24) is 16.0 Å². The first kappa shape index (κ1) is 21.7. The van der Waals surface area contributed by atoms with E-state index in [9.17, 15) is 24.0 Å². The molecule has 0 aliphatic rings. The van der Waals surface area contributed by atoms with Gasteiger partial charge in [-0.2, -0.15) is 12.6 Å². The number of carbonyl (C=O) groups is 5. The molecule has 0 saturated heterocycles. The van der Waals surface area contributed by atoms with Gasteiger partial charge in [-0.25, -0.2) is 4.79 Å². The van der Waals surface area contributed by atoms with Crippen LogP contribution in [0.15, 0.2) is 0 Å². The predicted molar refractivity (Wildman–Crippen MR) is 84.3 cm³/mol. The van der Waals surface area contributed by atoms with Crippen molar-refractivity contribution >= 4 is 42.3 Å². The second-order valence-corrected chi connectivity index (χ2v) is 5.16. The molecule has 0 aliphatic heterocycles. The van der Waals surface area contributed by atoms with Crippen molar-refractivity contribution in [2.75, 3.05) is 12.3 Å². The molecule has 12 heteroatoms. The maximum atomic E-state index is 11.7. The van der Waals surface area contributed by atoms with Crippen LogP contribution in [0.4, 0.5) is 0 Å². The van der Waals surface area contributed by atoms with Gasteiger partial charge in [0.05, 0.1) is 19.0 Å². The summed E-state index contributed by atoms with van der Waals surface area (Å²) in [5.41, 5.74) is 5.42. The molecular weight excluding hydrogens is 344 g/mol. The number of thiol groups is 1. The molecule has 0 saturated carbocycles.